The third kappa shape index (κ3) is 2.82. The van der Waals surface area contributed by atoms with Crippen LogP contribution in [-0.4, -0.2) is 18.0 Å². The Labute approximate surface area is 108 Å². The Balaban J connectivity index is 2.21. The number of amides is 1. The Hall–Kier alpha value is -1.55. The van der Waals surface area contributed by atoms with Crippen LogP contribution < -0.4 is 16.8 Å². The molecular formula is C14H21N3O. The van der Waals surface area contributed by atoms with Gasteiger partial charge in [-0.3, -0.25) is 4.79 Å². The quantitative estimate of drug-likeness (QED) is 0.761. The summed E-state index contributed by atoms with van der Waals surface area (Å²) in [4.78, 5) is 11.4. The molecular weight excluding hydrogens is 226 g/mol. The van der Waals surface area contributed by atoms with Crippen LogP contribution in [-0.2, 0) is 0 Å². The number of aryl methyl sites for hydroxylation is 1. The molecule has 2 atom stereocenters. The first kappa shape index (κ1) is 12.9. The van der Waals surface area contributed by atoms with Gasteiger partial charge in [0.15, 0.2) is 0 Å². The van der Waals surface area contributed by atoms with Gasteiger partial charge in [0.1, 0.15) is 0 Å². The highest BCUT2D eigenvalue weighted by Gasteiger charge is 2.22. The molecule has 1 aromatic rings. The molecule has 1 saturated carbocycles. The number of carbonyl (C=O) groups is 1. The summed E-state index contributed by atoms with van der Waals surface area (Å²) < 4.78 is 0. The largest absolute Gasteiger partial charge is 0.380 e. The van der Waals surface area contributed by atoms with E-state index in [9.17, 15) is 4.79 Å². The lowest BCUT2D eigenvalue weighted by molar-refractivity contribution is 0.100. The Bertz CT molecular complexity index is 445. The lowest BCUT2D eigenvalue weighted by Gasteiger charge is -2.30. The fourth-order valence-electron chi connectivity index (χ4n) is 2.53. The maximum absolute atomic E-state index is 11.4. The fourth-order valence-corrected chi connectivity index (χ4v) is 2.53. The van der Waals surface area contributed by atoms with Crippen molar-refractivity contribution in [2.24, 2.45) is 11.5 Å². The summed E-state index contributed by atoms with van der Waals surface area (Å²) in [7, 11) is 0. The van der Waals surface area contributed by atoms with E-state index in [1.54, 1.807) is 6.07 Å². The lowest BCUT2D eigenvalue weighted by Crippen LogP contribution is -2.42. The van der Waals surface area contributed by atoms with E-state index in [4.69, 9.17) is 11.5 Å². The number of hydrogen-bond acceptors (Lipinski definition) is 3. The van der Waals surface area contributed by atoms with Gasteiger partial charge in [-0.05, 0) is 37.5 Å². The summed E-state index contributed by atoms with van der Waals surface area (Å²) in [5.41, 5.74) is 14.0. The zero-order valence-electron chi connectivity index (χ0n) is 10.8. The minimum Gasteiger partial charge on any atom is -0.380 e. The number of hydrogen-bond donors (Lipinski definition) is 3. The minimum absolute atomic E-state index is 0.153. The first-order valence-electron chi connectivity index (χ1n) is 6.50. The molecule has 4 nitrogen and oxygen atoms in total. The van der Waals surface area contributed by atoms with E-state index in [-0.39, 0.29) is 12.1 Å². The number of benzene rings is 1. The molecule has 1 aliphatic carbocycles. The van der Waals surface area contributed by atoms with Gasteiger partial charge >= 0.3 is 0 Å². The van der Waals surface area contributed by atoms with Crippen LogP contribution in [0.1, 0.15) is 41.6 Å². The summed E-state index contributed by atoms with van der Waals surface area (Å²) in [6.07, 6.45) is 4.46. The molecule has 1 fully saturated rings. The van der Waals surface area contributed by atoms with Gasteiger partial charge in [0.05, 0.1) is 5.56 Å². The maximum atomic E-state index is 11.4. The monoisotopic (exact) mass is 247 g/mol. The molecule has 0 saturated heterocycles. The normalized spacial score (nSPS) is 23.7. The highest BCUT2D eigenvalue weighted by molar-refractivity contribution is 5.98. The van der Waals surface area contributed by atoms with Crippen LogP contribution >= 0.6 is 0 Å². The summed E-state index contributed by atoms with van der Waals surface area (Å²) in [5, 5.41) is 3.40. The minimum atomic E-state index is -0.401. The molecule has 1 aliphatic rings. The third-order valence-corrected chi connectivity index (χ3v) is 3.60. The van der Waals surface area contributed by atoms with E-state index in [0.29, 0.717) is 5.56 Å². The zero-order valence-corrected chi connectivity index (χ0v) is 10.8. The van der Waals surface area contributed by atoms with Crippen molar-refractivity contribution in [3.63, 3.8) is 0 Å². The van der Waals surface area contributed by atoms with Gasteiger partial charge in [-0.15, -0.1) is 0 Å². The summed E-state index contributed by atoms with van der Waals surface area (Å²) in [6.45, 7) is 2.00. The summed E-state index contributed by atoms with van der Waals surface area (Å²) in [6, 6.07) is 6.01. The molecule has 0 radical (unpaired) electrons. The van der Waals surface area contributed by atoms with Crippen molar-refractivity contribution in [1.82, 2.24) is 0 Å². The predicted octanol–water partition coefficient (Wildman–Crippen LogP) is 1.78. The third-order valence-electron chi connectivity index (χ3n) is 3.60. The first-order chi connectivity index (χ1) is 8.58. The second-order valence-electron chi connectivity index (χ2n) is 5.11. The van der Waals surface area contributed by atoms with Crippen LogP contribution in [0.2, 0.25) is 0 Å². The first-order valence-corrected chi connectivity index (χ1v) is 6.50. The molecule has 98 valence electrons. The zero-order chi connectivity index (χ0) is 13.1. The Morgan fingerprint density at radius 1 is 1.33 bits per heavy atom. The van der Waals surface area contributed by atoms with Gasteiger partial charge in [-0.1, -0.05) is 18.9 Å². The van der Waals surface area contributed by atoms with Gasteiger partial charge in [-0.2, -0.15) is 0 Å². The van der Waals surface area contributed by atoms with E-state index >= 15 is 0 Å². The number of anilines is 1. The van der Waals surface area contributed by atoms with Crippen LogP contribution in [0, 0.1) is 6.92 Å². The van der Waals surface area contributed by atoms with Crippen LogP contribution in [0.25, 0.3) is 0 Å². The molecule has 0 spiro atoms. The van der Waals surface area contributed by atoms with Crippen molar-refractivity contribution < 1.29 is 4.79 Å². The second-order valence-corrected chi connectivity index (χ2v) is 5.11. The van der Waals surface area contributed by atoms with Crippen LogP contribution in [0.5, 0.6) is 0 Å². The molecule has 18 heavy (non-hydrogen) atoms. The number of rotatable bonds is 3. The Morgan fingerprint density at radius 2 is 2.06 bits per heavy atom. The van der Waals surface area contributed by atoms with Gasteiger partial charge in [0, 0.05) is 17.8 Å². The van der Waals surface area contributed by atoms with Crippen molar-refractivity contribution in [2.75, 3.05) is 5.32 Å². The average Bonchev–Trinajstić information content (AvgIpc) is 2.32. The standard InChI is InChI=1S/C14H21N3O/c1-9-6-7-10(14(16)18)13(8-9)17-12-5-3-2-4-11(12)15/h6-8,11-12,17H,2-5,15H2,1H3,(H2,16,18)/t11-,12-/m1/s1. The number of carbonyl (C=O) groups excluding carboxylic acids is 1. The molecule has 5 N–H and O–H groups in total. The molecule has 0 aliphatic heterocycles. The highest BCUT2D eigenvalue weighted by Crippen LogP contribution is 2.24. The lowest BCUT2D eigenvalue weighted by atomic mass is 9.90. The molecule has 2 rings (SSSR count). The molecule has 0 bridgehead atoms. The van der Waals surface area contributed by atoms with Crippen molar-refractivity contribution in [3.8, 4) is 0 Å². The van der Waals surface area contributed by atoms with Gasteiger partial charge < -0.3 is 16.8 Å². The SMILES string of the molecule is Cc1ccc(C(N)=O)c(N[C@@H]2CCCC[C@H]2N)c1. The molecule has 0 unspecified atom stereocenters. The van der Waals surface area contributed by atoms with Crippen molar-refractivity contribution >= 4 is 11.6 Å². The molecule has 1 amide bonds. The van der Waals surface area contributed by atoms with E-state index < -0.39 is 5.91 Å². The van der Waals surface area contributed by atoms with E-state index in [2.05, 4.69) is 5.32 Å². The van der Waals surface area contributed by atoms with Crippen molar-refractivity contribution in [2.45, 2.75) is 44.7 Å². The van der Waals surface area contributed by atoms with Gasteiger partial charge in [-0.25, -0.2) is 0 Å². The molecule has 0 heterocycles. The number of nitrogens with two attached hydrogens (primary N) is 2. The maximum Gasteiger partial charge on any atom is 0.250 e. The smallest absolute Gasteiger partial charge is 0.250 e. The van der Waals surface area contributed by atoms with Crippen molar-refractivity contribution in [3.05, 3.63) is 29.3 Å². The van der Waals surface area contributed by atoms with Gasteiger partial charge in [0.2, 0.25) is 0 Å². The molecule has 0 aromatic heterocycles. The Kier molecular flexibility index (Phi) is 3.87. The fraction of sp³-hybridized carbons (Fsp3) is 0.500. The average molecular weight is 247 g/mol. The molecule has 1 aromatic carbocycles. The summed E-state index contributed by atoms with van der Waals surface area (Å²) >= 11 is 0. The van der Waals surface area contributed by atoms with E-state index in [1.165, 1.54) is 12.8 Å². The van der Waals surface area contributed by atoms with Crippen LogP contribution in [0.4, 0.5) is 5.69 Å². The number of primary amides is 1. The predicted molar refractivity (Wildman–Crippen MR) is 73.6 cm³/mol. The van der Waals surface area contributed by atoms with Crippen LogP contribution in [0.15, 0.2) is 18.2 Å². The number of nitrogens with one attached hydrogen (secondary N) is 1. The molecule has 4 heteroatoms. The van der Waals surface area contributed by atoms with E-state index in [1.807, 2.05) is 19.1 Å². The second kappa shape index (κ2) is 5.40. The topological polar surface area (TPSA) is 81.1 Å². The Morgan fingerprint density at radius 3 is 2.72 bits per heavy atom. The summed E-state index contributed by atoms with van der Waals surface area (Å²) in [5.74, 6) is -0.401. The highest BCUT2D eigenvalue weighted by atomic mass is 16.1. The van der Waals surface area contributed by atoms with E-state index in [0.717, 1.165) is 24.1 Å². The van der Waals surface area contributed by atoms with Crippen LogP contribution in [0.3, 0.4) is 0 Å². The van der Waals surface area contributed by atoms with Crippen molar-refractivity contribution in [1.29, 1.82) is 0 Å². The van der Waals surface area contributed by atoms with Gasteiger partial charge in [0.25, 0.3) is 5.91 Å².